The van der Waals surface area contributed by atoms with Crippen LogP contribution in [0.15, 0.2) is 24.3 Å². The normalized spacial score (nSPS) is 10.7. The third-order valence-electron chi connectivity index (χ3n) is 2.79. The molecule has 0 amide bonds. The second-order valence-corrected chi connectivity index (χ2v) is 5.41. The van der Waals surface area contributed by atoms with Gasteiger partial charge in [0.05, 0.1) is 15.7 Å². The van der Waals surface area contributed by atoms with Crippen molar-refractivity contribution in [1.82, 2.24) is 4.98 Å². The molecule has 2 rings (SSSR count). The molecule has 0 atom stereocenters. The van der Waals surface area contributed by atoms with Gasteiger partial charge in [-0.3, -0.25) is 0 Å². The highest BCUT2D eigenvalue weighted by Gasteiger charge is 2.12. The van der Waals surface area contributed by atoms with Crippen LogP contribution in [0, 0.1) is 12.7 Å². The zero-order valence-electron chi connectivity index (χ0n) is 11.3. The van der Waals surface area contributed by atoms with E-state index in [9.17, 15) is 4.39 Å². The SMILES string of the molecule is CCCNc1nc(-c2cc(C)cc(F)c2)c(Cl)cc1Cl. The first kappa shape index (κ1) is 15.1. The molecule has 0 saturated carbocycles. The Bertz CT molecular complexity index is 609. The van der Waals surface area contributed by atoms with Gasteiger partial charge in [-0.15, -0.1) is 0 Å². The van der Waals surface area contributed by atoms with Crippen molar-refractivity contribution in [3.8, 4) is 11.3 Å². The lowest BCUT2D eigenvalue weighted by Gasteiger charge is -2.11. The van der Waals surface area contributed by atoms with Crippen molar-refractivity contribution in [2.75, 3.05) is 11.9 Å². The number of benzene rings is 1. The van der Waals surface area contributed by atoms with Crippen molar-refractivity contribution in [1.29, 1.82) is 0 Å². The van der Waals surface area contributed by atoms with Crippen LogP contribution in [0.25, 0.3) is 11.3 Å². The summed E-state index contributed by atoms with van der Waals surface area (Å²) in [5, 5.41) is 4.00. The first-order valence-corrected chi connectivity index (χ1v) is 7.14. The highest BCUT2D eigenvalue weighted by Crippen LogP contribution is 2.33. The average molecular weight is 313 g/mol. The zero-order valence-corrected chi connectivity index (χ0v) is 12.8. The maximum Gasteiger partial charge on any atom is 0.145 e. The fourth-order valence-electron chi connectivity index (χ4n) is 1.91. The van der Waals surface area contributed by atoms with Crippen LogP contribution < -0.4 is 5.32 Å². The molecule has 2 nitrogen and oxygen atoms in total. The van der Waals surface area contributed by atoms with E-state index < -0.39 is 0 Å². The van der Waals surface area contributed by atoms with E-state index in [-0.39, 0.29) is 5.82 Å². The number of aromatic nitrogens is 1. The molecule has 0 bridgehead atoms. The minimum Gasteiger partial charge on any atom is -0.369 e. The van der Waals surface area contributed by atoms with Crippen molar-refractivity contribution in [3.63, 3.8) is 0 Å². The third-order valence-corrected chi connectivity index (χ3v) is 3.36. The zero-order chi connectivity index (χ0) is 14.7. The van der Waals surface area contributed by atoms with Crippen LogP contribution in [0.2, 0.25) is 10.0 Å². The number of nitrogens with one attached hydrogen (secondary N) is 1. The first-order chi connectivity index (χ1) is 9.51. The number of aryl methyl sites for hydroxylation is 1. The van der Waals surface area contributed by atoms with E-state index in [0.717, 1.165) is 18.5 Å². The Labute approximate surface area is 127 Å². The van der Waals surface area contributed by atoms with Gasteiger partial charge in [-0.1, -0.05) is 30.1 Å². The second-order valence-electron chi connectivity index (χ2n) is 4.59. The summed E-state index contributed by atoms with van der Waals surface area (Å²) < 4.78 is 13.5. The van der Waals surface area contributed by atoms with Crippen LogP contribution in [-0.4, -0.2) is 11.5 Å². The summed E-state index contributed by atoms with van der Waals surface area (Å²) in [4.78, 5) is 4.42. The molecule has 0 radical (unpaired) electrons. The van der Waals surface area contributed by atoms with E-state index in [1.54, 1.807) is 6.07 Å². The van der Waals surface area contributed by atoms with Crippen molar-refractivity contribution in [2.24, 2.45) is 0 Å². The average Bonchev–Trinajstić information content (AvgIpc) is 2.36. The van der Waals surface area contributed by atoms with Crippen LogP contribution in [0.1, 0.15) is 18.9 Å². The van der Waals surface area contributed by atoms with E-state index in [4.69, 9.17) is 23.2 Å². The number of pyridine rings is 1. The Morgan fingerprint density at radius 2 is 1.90 bits per heavy atom. The Balaban J connectivity index is 2.49. The van der Waals surface area contributed by atoms with Crippen LogP contribution >= 0.6 is 23.2 Å². The van der Waals surface area contributed by atoms with Gasteiger partial charge in [0.1, 0.15) is 11.6 Å². The molecule has 0 spiro atoms. The van der Waals surface area contributed by atoms with E-state index >= 15 is 0 Å². The largest absolute Gasteiger partial charge is 0.369 e. The molecule has 0 fully saturated rings. The topological polar surface area (TPSA) is 24.9 Å². The van der Waals surface area contributed by atoms with E-state index in [0.29, 0.717) is 27.1 Å². The monoisotopic (exact) mass is 312 g/mol. The standard InChI is InChI=1S/C15H15Cl2FN2/c1-3-4-19-15-13(17)8-12(16)14(20-15)10-5-9(2)6-11(18)7-10/h5-8H,3-4H2,1-2H3,(H,19,20). The maximum atomic E-state index is 13.5. The van der Waals surface area contributed by atoms with Gasteiger partial charge in [-0.2, -0.15) is 0 Å². The van der Waals surface area contributed by atoms with Crippen molar-refractivity contribution < 1.29 is 4.39 Å². The molecule has 1 N–H and O–H groups in total. The Hall–Kier alpha value is -1.32. The van der Waals surface area contributed by atoms with E-state index in [1.165, 1.54) is 12.1 Å². The molecule has 1 aromatic heterocycles. The smallest absolute Gasteiger partial charge is 0.145 e. The molecule has 5 heteroatoms. The van der Waals surface area contributed by atoms with Gasteiger partial charge in [0.25, 0.3) is 0 Å². The van der Waals surface area contributed by atoms with Gasteiger partial charge in [0, 0.05) is 12.1 Å². The predicted molar refractivity (Wildman–Crippen MR) is 83.2 cm³/mol. The van der Waals surface area contributed by atoms with Gasteiger partial charge in [-0.05, 0) is 43.2 Å². The molecule has 2 aromatic rings. The lowest BCUT2D eigenvalue weighted by molar-refractivity contribution is 0.627. The summed E-state index contributed by atoms with van der Waals surface area (Å²) in [6, 6.07) is 6.35. The fourth-order valence-corrected chi connectivity index (χ4v) is 2.44. The third kappa shape index (κ3) is 3.41. The van der Waals surface area contributed by atoms with Crippen LogP contribution in [-0.2, 0) is 0 Å². The molecule has 1 aromatic carbocycles. The molecule has 0 aliphatic carbocycles. The molecular weight excluding hydrogens is 298 g/mol. The highest BCUT2D eigenvalue weighted by molar-refractivity contribution is 6.37. The summed E-state index contributed by atoms with van der Waals surface area (Å²) in [5.74, 6) is 0.255. The number of rotatable bonds is 4. The molecule has 0 aliphatic rings. The second kappa shape index (κ2) is 6.42. The minimum atomic E-state index is -0.309. The number of nitrogens with zero attached hydrogens (tertiary/aromatic N) is 1. The molecule has 0 saturated heterocycles. The highest BCUT2D eigenvalue weighted by atomic mass is 35.5. The maximum absolute atomic E-state index is 13.5. The summed E-state index contributed by atoms with van der Waals surface area (Å²) in [6.45, 7) is 4.64. The minimum absolute atomic E-state index is 0.309. The predicted octanol–water partition coefficient (Wildman–Crippen LogP) is 5.32. The van der Waals surface area contributed by atoms with Gasteiger partial charge in [0.2, 0.25) is 0 Å². The summed E-state index contributed by atoms with van der Waals surface area (Å²) in [6.07, 6.45) is 0.953. The molecule has 0 aliphatic heterocycles. The Kier molecular flexibility index (Phi) is 4.84. The number of anilines is 1. The number of hydrogen-bond acceptors (Lipinski definition) is 2. The molecule has 106 valence electrons. The number of halogens is 3. The lowest BCUT2D eigenvalue weighted by atomic mass is 10.1. The van der Waals surface area contributed by atoms with Gasteiger partial charge in [0.15, 0.2) is 0 Å². The lowest BCUT2D eigenvalue weighted by Crippen LogP contribution is -2.03. The fraction of sp³-hybridized carbons (Fsp3) is 0.267. The quantitative estimate of drug-likeness (QED) is 0.826. The van der Waals surface area contributed by atoms with Crippen molar-refractivity contribution in [3.05, 3.63) is 45.7 Å². The van der Waals surface area contributed by atoms with Gasteiger partial charge in [-0.25, -0.2) is 9.37 Å². The molecule has 0 unspecified atom stereocenters. The molecule has 1 heterocycles. The van der Waals surface area contributed by atoms with Crippen LogP contribution in [0.5, 0.6) is 0 Å². The Morgan fingerprint density at radius 3 is 2.55 bits per heavy atom. The van der Waals surface area contributed by atoms with Crippen molar-refractivity contribution >= 4 is 29.0 Å². The summed E-state index contributed by atoms with van der Waals surface area (Å²) in [5.41, 5.74) is 1.98. The molecular formula is C15H15Cl2FN2. The molecule has 20 heavy (non-hydrogen) atoms. The van der Waals surface area contributed by atoms with E-state index in [1.807, 2.05) is 19.9 Å². The van der Waals surface area contributed by atoms with Crippen LogP contribution in [0.4, 0.5) is 10.2 Å². The summed E-state index contributed by atoms with van der Waals surface area (Å²) in [7, 11) is 0. The first-order valence-electron chi connectivity index (χ1n) is 6.38. The van der Waals surface area contributed by atoms with Gasteiger partial charge >= 0.3 is 0 Å². The van der Waals surface area contributed by atoms with Gasteiger partial charge < -0.3 is 5.32 Å². The van der Waals surface area contributed by atoms with Crippen molar-refractivity contribution in [2.45, 2.75) is 20.3 Å². The summed E-state index contributed by atoms with van der Waals surface area (Å²) >= 11 is 12.3. The van der Waals surface area contributed by atoms with E-state index in [2.05, 4.69) is 10.3 Å². The van der Waals surface area contributed by atoms with Crippen LogP contribution in [0.3, 0.4) is 0 Å². The Morgan fingerprint density at radius 1 is 1.15 bits per heavy atom. The number of hydrogen-bond donors (Lipinski definition) is 1.